The van der Waals surface area contributed by atoms with Gasteiger partial charge in [-0.05, 0) is 58.2 Å². The summed E-state index contributed by atoms with van der Waals surface area (Å²) in [7, 11) is 0. The lowest BCUT2D eigenvalue weighted by Crippen LogP contribution is -2.28. The van der Waals surface area contributed by atoms with Crippen molar-refractivity contribution < 1.29 is 9.53 Å². The fraction of sp³-hybridized carbons (Fsp3) is 0.188. The van der Waals surface area contributed by atoms with Crippen molar-refractivity contribution in [2.45, 2.75) is 13.5 Å². The Morgan fingerprint density at radius 2 is 2.10 bits per heavy atom. The van der Waals surface area contributed by atoms with E-state index >= 15 is 0 Å². The number of aryl methyl sites for hydroxylation is 1. The normalized spacial score (nSPS) is 10.2. The van der Waals surface area contributed by atoms with Crippen LogP contribution >= 0.6 is 27.5 Å². The molecule has 0 heterocycles. The Labute approximate surface area is 137 Å². The molecule has 0 bridgehead atoms. The molecule has 0 unspecified atom stereocenters. The number of benzene rings is 2. The maximum atomic E-state index is 11.8. The van der Waals surface area contributed by atoms with Crippen LogP contribution in [0.4, 0.5) is 0 Å². The molecular weight excluding hydrogens is 354 g/mol. The lowest BCUT2D eigenvalue weighted by atomic mass is 10.2. The Bertz CT molecular complexity index is 646. The van der Waals surface area contributed by atoms with Gasteiger partial charge in [0.05, 0.1) is 4.47 Å². The van der Waals surface area contributed by atoms with Crippen LogP contribution in [0, 0.1) is 6.92 Å². The summed E-state index contributed by atoms with van der Waals surface area (Å²) in [6.45, 7) is 2.40. The molecule has 0 aromatic heterocycles. The first-order valence-electron chi connectivity index (χ1n) is 6.44. The molecule has 5 heteroatoms. The van der Waals surface area contributed by atoms with Gasteiger partial charge in [0.1, 0.15) is 5.75 Å². The van der Waals surface area contributed by atoms with Crippen LogP contribution in [0.15, 0.2) is 46.9 Å². The molecule has 0 spiro atoms. The van der Waals surface area contributed by atoms with Crippen LogP contribution in [0.25, 0.3) is 0 Å². The van der Waals surface area contributed by atoms with Crippen LogP contribution in [0.1, 0.15) is 11.1 Å². The van der Waals surface area contributed by atoms with Crippen molar-refractivity contribution in [2.75, 3.05) is 6.61 Å². The molecule has 0 saturated carbocycles. The average Bonchev–Trinajstić information content (AvgIpc) is 2.44. The van der Waals surface area contributed by atoms with Crippen molar-refractivity contribution in [1.29, 1.82) is 0 Å². The lowest BCUT2D eigenvalue weighted by molar-refractivity contribution is -0.123. The van der Waals surface area contributed by atoms with E-state index in [1.165, 1.54) is 0 Å². The second-order valence-corrected chi connectivity index (χ2v) is 5.92. The molecule has 21 heavy (non-hydrogen) atoms. The molecule has 0 aliphatic carbocycles. The number of rotatable bonds is 5. The zero-order valence-corrected chi connectivity index (χ0v) is 13.9. The molecule has 0 aliphatic rings. The third-order valence-corrected chi connectivity index (χ3v) is 3.68. The van der Waals surface area contributed by atoms with Crippen LogP contribution in [-0.4, -0.2) is 12.5 Å². The van der Waals surface area contributed by atoms with E-state index in [4.69, 9.17) is 16.3 Å². The van der Waals surface area contributed by atoms with Crippen molar-refractivity contribution in [1.82, 2.24) is 5.32 Å². The van der Waals surface area contributed by atoms with Gasteiger partial charge in [0.25, 0.3) is 5.91 Å². The van der Waals surface area contributed by atoms with Gasteiger partial charge >= 0.3 is 0 Å². The molecule has 1 amide bonds. The topological polar surface area (TPSA) is 38.3 Å². The smallest absolute Gasteiger partial charge is 0.258 e. The van der Waals surface area contributed by atoms with Crippen LogP contribution < -0.4 is 10.1 Å². The first-order valence-corrected chi connectivity index (χ1v) is 7.62. The fourth-order valence-electron chi connectivity index (χ4n) is 1.76. The summed E-state index contributed by atoms with van der Waals surface area (Å²) in [6, 6.07) is 13.1. The number of ether oxygens (including phenoxy) is 1. The van der Waals surface area contributed by atoms with Crippen molar-refractivity contribution in [3.8, 4) is 5.75 Å². The molecule has 0 fully saturated rings. The molecule has 2 aromatic carbocycles. The number of halogens is 2. The van der Waals surface area contributed by atoms with Crippen LogP contribution in [0.2, 0.25) is 5.02 Å². The molecule has 0 radical (unpaired) electrons. The molecule has 0 atom stereocenters. The van der Waals surface area contributed by atoms with E-state index in [2.05, 4.69) is 21.2 Å². The standard InChI is InChI=1S/C16H15BrClNO2/c1-11-5-6-15(14(17)7-11)21-10-16(20)19-9-12-3-2-4-13(18)8-12/h2-8H,9-10H2,1H3,(H,19,20). The van der Waals surface area contributed by atoms with E-state index in [9.17, 15) is 4.79 Å². The number of hydrogen-bond acceptors (Lipinski definition) is 2. The minimum absolute atomic E-state index is 0.0256. The zero-order chi connectivity index (χ0) is 15.2. The van der Waals surface area contributed by atoms with Crippen molar-refractivity contribution in [3.05, 3.63) is 63.1 Å². The summed E-state index contributed by atoms with van der Waals surface area (Å²) in [5.41, 5.74) is 2.08. The number of carbonyl (C=O) groups excluding carboxylic acids is 1. The SMILES string of the molecule is Cc1ccc(OCC(=O)NCc2cccc(Cl)c2)c(Br)c1. The highest BCUT2D eigenvalue weighted by atomic mass is 79.9. The number of amides is 1. The third-order valence-electron chi connectivity index (χ3n) is 2.82. The summed E-state index contributed by atoms with van der Waals surface area (Å²) < 4.78 is 6.32. The van der Waals surface area contributed by atoms with Crippen LogP contribution in [0.5, 0.6) is 5.75 Å². The van der Waals surface area contributed by atoms with Gasteiger partial charge in [-0.1, -0.05) is 29.8 Å². The Balaban J connectivity index is 1.82. The second kappa shape index (κ2) is 7.48. The van der Waals surface area contributed by atoms with E-state index in [-0.39, 0.29) is 12.5 Å². The number of nitrogens with one attached hydrogen (secondary N) is 1. The minimum atomic E-state index is -0.178. The third kappa shape index (κ3) is 5.06. The first-order chi connectivity index (χ1) is 10.0. The molecule has 2 aromatic rings. The Kier molecular flexibility index (Phi) is 5.65. The average molecular weight is 369 g/mol. The minimum Gasteiger partial charge on any atom is -0.483 e. The Morgan fingerprint density at radius 1 is 1.29 bits per heavy atom. The van der Waals surface area contributed by atoms with E-state index in [1.807, 2.05) is 43.3 Å². The van der Waals surface area contributed by atoms with Crippen LogP contribution in [-0.2, 0) is 11.3 Å². The van der Waals surface area contributed by atoms with Gasteiger partial charge in [-0.3, -0.25) is 4.79 Å². The molecule has 2 rings (SSSR count). The molecular formula is C16H15BrClNO2. The molecule has 0 saturated heterocycles. The van der Waals surface area contributed by atoms with Crippen LogP contribution in [0.3, 0.4) is 0 Å². The molecule has 1 N–H and O–H groups in total. The second-order valence-electron chi connectivity index (χ2n) is 4.63. The number of carbonyl (C=O) groups is 1. The lowest BCUT2D eigenvalue weighted by Gasteiger charge is -2.09. The highest BCUT2D eigenvalue weighted by molar-refractivity contribution is 9.10. The van der Waals surface area contributed by atoms with Gasteiger partial charge in [0, 0.05) is 11.6 Å². The predicted molar refractivity (Wildman–Crippen MR) is 87.7 cm³/mol. The summed E-state index contributed by atoms with van der Waals surface area (Å²) >= 11 is 9.30. The molecule has 110 valence electrons. The summed E-state index contributed by atoms with van der Waals surface area (Å²) in [5, 5.41) is 3.44. The summed E-state index contributed by atoms with van der Waals surface area (Å²) in [4.78, 5) is 11.8. The van der Waals surface area contributed by atoms with Crippen molar-refractivity contribution in [2.24, 2.45) is 0 Å². The van der Waals surface area contributed by atoms with Gasteiger partial charge < -0.3 is 10.1 Å². The summed E-state index contributed by atoms with van der Waals surface area (Å²) in [6.07, 6.45) is 0. The maximum Gasteiger partial charge on any atom is 0.258 e. The number of hydrogen-bond donors (Lipinski definition) is 1. The molecule has 0 aliphatic heterocycles. The first kappa shape index (κ1) is 15.9. The fourth-order valence-corrected chi connectivity index (χ4v) is 2.59. The van der Waals surface area contributed by atoms with Gasteiger partial charge in [-0.25, -0.2) is 0 Å². The monoisotopic (exact) mass is 367 g/mol. The van der Waals surface area contributed by atoms with Gasteiger partial charge in [0.15, 0.2) is 6.61 Å². The van der Waals surface area contributed by atoms with Crippen molar-refractivity contribution in [3.63, 3.8) is 0 Å². The zero-order valence-electron chi connectivity index (χ0n) is 11.5. The highest BCUT2D eigenvalue weighted by Crippen LogP contribution is 2.25. The largest absolute Gasteiger partial charge is 0.483 e. The van der Waals surface area contributed by atoms with E-state index in [0.29, 0.717) is 17.3 Å². The van der Waals surface area contributed by atoms with Crippen molar-refractivity contribution >= 4 is 33.4 Å². The van der Waals surface area contributed by atoms with Gasteiger partial charge in [-0.15, -0.1) is 0 Å². The van der Waals surface area contributed by atoms with Gasteiger partial charge in [-0.2, -0.15) is 0 Å². The Morgan fingerprint density at radius 3 is 2.81 bits per heavy atom. The predicted octanol–water partition coefficient (Wildman–Crippen LogP) is 4.11. The molecule has 3 nitrogen and oxygen atoms in total. The summed E-state index contributed by atoms with van der Waals surface area (Å²) in [5.74, 6) is 0.473. The van der Waals surface area contributed by atoms with E-state index in [1.54, 1.807) is 6.07 Å². The quantitative estimate of drug-likeness (QED) is 0.862. The Hall–Kier alpha value is -1.52. The van der Waals surface area contributed by atoms with Gasteiger partial charge in [0.2, 0.25) is 0 Å². The highest BCUT2D eigenvalue weighted by Gasteiger charge is 2.06. The van der Waals surface area contributed by atoms with E-state index in [0.717, 1.165) is 15.6 Å². The van der Waals surface area contributed by atoms with E-state index < -0.39 is 0 Å². The maximum absolute atomic E-state index is 11.8.